The lowest BCUT2D eigenvalue weighted by atomic mass is 9.93. The fourth-order valence-electron chi connectivity index (χ4n) is 3.79. The third-order valence-corrected chi connectivity index (χ3v) is 5.29. The van der Waals surface area contributed by atoms with Gasteiger partial charge in [-0.1, -0.05) is 30.3 Å². The van der Waals surface area contributed by atoms with Crippen LogP contribution in [0.15, 0.2) is 48.5 Å². The van der Waals surface area contributed by atoms with Crippen LogP contribution in [-0.4, -0.2) is 32.7 Å². The minimum Gasteiger partial charge on any atom is -0.497 e. The van der Waals surface area contributed by atoms with Crippen molar-refractivity contribution in [3.8, 4) is 11.5 Å². The standard InChI is InChI=1S/C21H25N3O3/c1-26-17-7-4-6-16(10-17)20-18(12-23-24-20)21(25)22-11-14-9-15-5-2-3-8-19(15)27-13-14/h2-8,10,14,18,20,23-24H,9,11-13H2,1H3,(H,22,25). The van der Waals surface area contributed by atoms with E-state index in [-0.39, 0.29) is 17.9 Å². The molecular formula is C21H25N3O3. The van der Waals surface area contributed by atoms with Gasteiger partial charge in [-0.15, -0.1) is 0 Å². The number of hydrogen-bond acceptors (Lipinski definition) is 5. The Balaban J connectivity index is 1.36. The van der Waals surface area contributed by atoms with E-state index >= 15 is 0 Å². The van der Waals surface area contributed by atoms with Gasteiger partial charge in [-0.2, -0.15) is 0 Å². The molecule has 6 heteroatoms. The van der Waals surface area contributed by atoms with Crippen LogP contribution in [0.25, 0.3) is 0 Å². The van der Waals surface area contributed by atoms with E-state index in [2.05, 4.69) is 22.2 Å². The summed E-state index contributed by atoms with van der Waals surface area (Å²) in [6, 6.07) is 15.9. The Morgan fingerprint density at radius 2 is 2.15 bits per heavy atom. The Labute approximate surface area is 159 Å². The lowest BCUT2D eigenvalue weighted by molar-refractivity contribution is -0.125. The Morgan fingerprint density at radius 3 is 3.04 bits per heavy atom. The van der Waals surface area contributed by atoms with Crippen molar-refractivity contribution in [1.82, 2.24) is 16.2 Å². The van der Waals surface area contributed by atoms with Crippen LogP contribution in [0.4, 0.5) is 0 Å². The molecule has 1 saturated heterocycles. The lowest BCUT2D eigenvalue weighted by Crippen LogP contribution is -2.40. The van der Waals surface area contributed by atoms with E-state index in [4.69, 9.17) is 9.47 Å². The molecule has 0 bridgehead atoms. The largest absolute Gasteiger partial charge is 0.497 e. The van der Waals surface area contributed by atoms with Crippen molar-refractivity contribution in [3.63, 3.8) is 0 Å². The molecule has 1 amide bonds. The second-order valence-electron chi connectivity index (χ2n) is 7.12. The third kappa shape index (κ3) is 3.91. The Bertz CT molecular complexity index is 811. The quantitative estimate of drug-likeness (QED) is 0.752. The molecule has 1 fully saturated rings. The summed E-state index contributed by atoms with van der Waals surface area (Å²) >= 11 is 0. The number of rotatable bonds is 5. The molecule has 3 unspecified atom stereocenters. The van der Waals surface area contributed by atoms with Crippen LogP contribution in [0, 0.1) is 11.8 Å². The monoisotopic (exact) mass is 367 g/mol. The van der Waals surface area contributed by atoms with E-state index in [1.165, 1.54) is 5.56 Å². The smallest absolute Gasteiger partial charge is 0.226 e. The first-order valence-corrected chi connectivity index (χ1v) is 9.35. The first-order valence-electron chi connectivity index (χ1n) is 9.35. The number of hydrogen-bond donors (Lipinski definition) is 3. The van der Waals surface area contributed by atoms with Crippen molar-refractivity contribution in [2.45, 2.75) is 12.5 Å². The van der Waals surface area contributed by atoms with Crippen LogP contribution in [-0.2, 0) is 11.2 Å². The maximum atomic E-state index is 12.8. The second-order valence-corrected chi connectivity index (χ2v) is 7.12. The number of nitrogens with one attached hydrogen (secondary N) is 3. The molecule has 0 spiro atoms. The summed E-state index contributed by atoms with van der Waals surface area (Å²) in [5.74, 6) is 1.93. The molecule has 3 atom stereocenters. The summed E-state index contributed by atoms with van der Waals surface area (Å²) in [4.78, 5) is 12.8. The van der Waals surface area contributed by atoms with Crippen molar-refractivity contribution in [2.75, 3.05) is 26.8 Å². The van der Waals surface area contributed by atoms with Crippen molar-refractivity contribution in [1.29, 1.82) is 0 Å². The third-order valence-electron chi connectivity index (χ3n) is 5.29. The van der Waals surface area contributed by atoms with Crippen molar-refractivity contribution in [2.24, 2.45) is 11.8 Å². The highest BCUT2D eigenvalue weighted by Crippen LogP contribution is 2.29. The van der Waals surface area contributed by atoms with Crippen LogP contribution in [0.2, 0.25) is 0 Å². The van der Waals surface area contributed by atoms with Crippen LogP contribution >= 0.6 is 0 Å². The number of hydrazine groups is 1. The van der Waals surface area contributed by atoms with E-state index in [1.54, 1.807) is 7.11 Å². The molecule has 4 rings (SSSR count). The van der Waals surface area contributed by atoms with Gasteiger partial charge in [0.2, 0.25) is 5.91 Å². The van der Waals surface area contributed by atoms with Crippen LogP contribution in [0.1, 0.15) is 17.2 Å². The van der Waals surface area contributed by atoms with Crippen molar-refractivity contribution >= 4 is 5.91 Å². The molecule has 2 aliphatic heterocycles. The molecule has 2 aromatic carbocycles. The van der Waals surface area contributed by atoms with E-state index in [0.29, 0.717) is 25.6 Å². The number of carbonyl (C=O) groups excluding carboxylic acids is 1. The topological polar surface area (TPSA) is 71.6 Å². The van der Waals surface area contributed by atoms with Gasteiger partial charge in [-0.05, 0) is 35.7 Å². The number of methoxy groups -OCH3 is 1. The molecule has 6 nitrogen and oxygen atoms in total. The van der Waals surface area contributed by atoms with Crippen molar-refractivity contribution < 1.29 is 14.3 Å². The summed E-state index contributed by atoms with van der Waals surface area (Å²) in [6.07, 6.45) is 0.928. The number of fused-ring (bicyclic) bond motifs is 1. The highest BCUT2D eigenvalue weighted by atomic mass is 16.5. The minimum absolute atomic E-state index is 0.0548. The Morgan fingerprint density at radius 1 is 1.26 bits per heavy atom. The van der Waals surface area contributed by atoms with Gasteiger partial charge in [0, 0.05) is 19.0 Å². The van der Waals surface area contributed by atoms with Gasteiger partial charge in [-0.25, -0.2) is 5.43 Å². The summed E-state index contributed by atoms with van der Waals surface area (Å²) < 4.78 is 11.1. The maximum Gasteiger partial charge on any atom is 0.226 e. The summed E-state index contributed by atoms with van der Waals surface area (Å²) in [7, 11) is 1.65. The molecule has 0 radical (unpaired) electrons. The van der Waals surface area contributed by atoms with Gasteiger partial charge in [0.15, 0.2) is 0 Å². The highest BCUT2D eigenvalue weighted by Gasteiger charge is 2.34. The zero-order chi connectivity index (χ0) is 18.6. The SMILES string of the molecule is COc1cccc(C2NNCC2C(=O)NCC2COc3ccccc3C2)c1. The molecule has 27 heavy (non-hydrogen) atoms. The molecule has 2 heterocycles. The van der Waals surface area contributed by atoms with Crippen molar-refractivity contribution in [3.05, 3.63) is 59.7 Å². The van der Waals surface area contributed by atoms with Gasteiger partial charge < -0.3 is 14.8 Å². The first-order chi connectivity index (χ1) is 13.2. The maximum absolute atomic E-state index is 12.8. The van der Waals surface area contributed by atoms with E-state index in [0.717, 1.165) is 23.5 Å². The summed E-state index contributed by atoms with van der Waals surface area (Å²) in [6.45, 7) is 1.85. The Kier molecular flexibility index (Phi) is 5.27. The fraction of sp³-hybridized carbons (Fsp3) is 0.381. The highest BCUT2D eigenvalue weighted by molar-refractivity contribution is 5.80. The average molecular weight is 367 g/mol. The fourth-order valence-corrected chi connectivity index (χ4v) is 3.79. The van der Waals surface area contributed by atoms with Gasteiger partial charge >= 0.3 is 0 Å². The second kappa shape index (κ2) is 7.98. The number of para-hydroxylation sites is 1. The van der Waals surface area contributed by atoms with E-state index in [9.17, 15) is 4.79 Å². The zero-order valence-corrected chi connectivity index (χ0v) is 15.4. The van der Waals surface area contributed by atoms with Gasteiger partial charge in [-0.3, -0.25) is 10.2 Å². The van der Waals surface area contributed by atoms with Gasteiger partial charge in [0.1, 0.15) is 11.5 Å². The van der Waals surface area contributed by atoms with Crippen LogP contribution in [0.3, 0.4) is 0 Å². The molecule has 2 aromatic rings. The summed E-state index contributed by atoms with van der Waals surface area (Å²) in [5, 5.41) is 3.12. The summed E-state index contributed by atoms with van der Waals surface area (Å²) in [5.41, 5.74) is 8.58. The number of carbonyl (C=O) groups is 1. The number of amides is 1. The van der Waals surface area contributed by atoms with Gasteiger partial charge in [0.05, 0.1) is 25.7 Å². The predicted octanol–water partition coefficient (Wildman–Crippen LogP) is 1.83. The molecule has 0 aromatic heterocycles. The Hall–Kier alpha value is -2.57. The van der Waals surface area contributed by atoms with Gasteiger partial charge in [0.25, 0.3) is 0 Å². The molecule has 3 N–H and O–H groups in total. The predicted molar refractivity (Wildman–Crippen MR) is 103 cm³/mol. The minimum atomic E-state index is -0.172. The van der Waals surface area contributed by atoms with E-state index in [1.807, 2.05) is 42.5 Å². The van der Waals surface area contributed by atoms with Crippen LogP contribution < -0.4 is 25.6 Å². The number of benzene rings is 2. The average Bonchev–Trinajstić information content (AvgIpc) is 3.22. The van der Waals surface area contributed by atoms with Crippen LogP contribution in [0.5, 0.6) is 11.5 Å². The normalized spacial score (nSPS) is 24.0. The molecule has 2 aliphatic rings. The zero-order valence-electron chi connectivity index (χ0n) is 15.4. The lowest BCUT2D eigenvalue weighted by Gasteiger charge is -2.26. The molecule has 142 valence electrons. The van der Waals surface area contributed by atoms with E-state index < -0.39 is 0 Å². The number of ether oxygens (including phenoxy) is 2. The molecular weight excluding hydrogens is 342 g/mol. The molecule has 0 aliphatic carbocycles. The molecule has 0 saturated carbocycles. The first kappa shape index (κ1) is 17.8.